The molecule has 2 saturated heterocycles. The second kappa shape index (κ2) is 19.7. The molecule has 0 saturated carbocycles. The molecule has 2 aliphatic rings. The number of morpholine rings is 1. The second-order valence-corrected chi connectivity index (χ2v) is 13.4. The molecule has 2 N–H and O–H groups in total. The molecule has 2 amide bonds. The third-order valence-corrected chi connectivity index (χ3v) is 9.81. The fourth-order valence-corrected chi connectivity index (χ4v) is 7.11. The Labute approximate surface area is 319 Å². The molecule has 1 atom stereocenters. The second-order valence-electron chi connectivity index (χ2n) is 13.4. The predicted molar refractivity (Wildman–Crippen MR) is 183 cm³/mol. The lowest BCUT2D eigenvalue weighted by Crippen LogP contribution is -3.00. The van der Waals surface area contributed by atoms with E-state index in [2.05, 4.69) is 10.6 Å². The summed E-state index contributed by atoms with van der Waals surface area (Å²) in [7, 11) is 0. The smallest absolute Gasteiger partial charge is 0.275 e. The molecular weight excluding hydrogens is 788 g/mol. The number of carbonyl (C=O) groups is 2. The zero-order valence-corrected chi connectivity index (χ0v) is 31.8. The Kier molecular flexibility index (Phi) is 16.1. The van der Waals surface area contributed by atoms with E-state index >= 15 is 0 Å². The minimum absolute atomic E-state index is 0. The van der Waals surface area contributed by atoms with E-state index in [-0.39, 0.29) is 63.7 Å². The van der Waals surface area contributed by atoms with Crippen molar-refractivity contribution >= 4 is 23.2 Å². The van der Waals surface area contributed by atoms with Crippen LogP contribution < -0.4 is 44.6 Å². The highest BCUT2D eigenvalue weighted by Gasteiger charge is 2.35. The first kappa shape index (κ1) is 41.7. The number of piperidine rings is 1. The first-order valence-corrected chi connectivity index (χ1v) is 17.0. The van der Waals surface area contributed by atoms with Crippen molar-refractivity contribution in [2.75, 3.05) is 59.0 Å². The van der Waals surface area contributed by atoms with Crippen molar-refractivity contribution in [2.24, 2.45) is 0 Å². The van der Waals surface area contributed by atoms with Crippen LogP contribution in [0.3, 0.4) is 0 Å². The number of hydrogen-bond donors (Lipinski definition) is 2. The number of ether oxygens (including phenoxy) is 1. The molecule has 2 aliphatic heterocycles. The number of halogens is 2. The summed E-state index contributed by atoms with van der Waals surface area (Å²) < 4.78 is 6.86. The number of nitrogens with one attached hydrogen (secondary N) is 2. The highest BCUT2D eigenvalue weighted by Crippen LogP contribution is 2.24. The van der Waals surface area contributed by atoms with Crippen LogP contribution in [0.2, 0.25) is 0 Å². The van der Waals surface area contributed by atoms with E-state index in [4.69, 9.17) is 4.74 Å². The van der Waals surface area contributed by atoms with Crippen LogP contribution in [0.15, 0.2) is 78.9 Å². The summed E-state index contributed by atoms with van der Waals surface area (Å²) >= 11 is 0. The van der Waals surface area contributed by atoms with Crippen LogP contribution >= 0.6 is 0 Å². The average molecular weight is 835 g/mol. The quantitative estimate of drug-likeness (QED) is 0.101. The summed E-state index contributed by atoms with van der Waals surface area (Å²) in [6, 6.07) is 22.0. The van der Waals surface area contributed by atoms with Crippen molar-refractivity contribution in [1.29, 1.82) is 0 Å². The average Bonchev–Trinajstić information content (AvgIpc) is 3.09. The summed E-state index contributed by atoms with van der Waals surface area (Å²) in [5.74, 6) is -0.450. The van der Waals surface area contributed by atoms with Gasteiger partial charge in [0.2, 0.25) is 5.91 Å². The Morgan fingerprint density at radius 1 is 0.706 bits per heavy atom. The van der Waals surface area contributed by atoms with Crippen LogP contribution in [0.25, 0.3) is 0 Å². The Morgan fingerprint density at radius 2 is 1.24 bits per heavy atom. The number of non-ortho nitro benzene ring substituents is 2. The Hall–Kier alpha value is -3.76. The Balaban J connectivity index is 0.00000351. The van der Waals surface area contributed by atoms with Gasteiger partial charge in [0.05, 0.1) is 49.2 Å². The number of quaternary nitrogens is 2. The van der Waals surface area contributed by atoms with Crippen molar-refractivity contribution < 1.29 is 67.1 Å². The molecule has 2 heterocycles. The van der Waals surface area contributed by atoms with E-state index in [0.29, 0.717) is 54.8 Å². The molecule has 0 aliphatic carbocycles. The van der Waals surface area contributed by atoms with Gasteiger partial charge in [-0.2, -0.15) is 0 Å². The van der Waals surface area contributed by atoms with Gasteiger partial charge in [0, 0.05) is 41.8 Å². The number of rotatable bonds is 15. The van der Waals surface area contributed by atoms with E-state index in [1.807, 2.05) is 30.3 Å². The third kappa shape index (κ3) is 12.2. The SMILES string of the molecule is O=C(C[N+]1(Cc2ccc([N+](=O)[O-])cc2)CCCCC1)NC(Cc1ccccc1)C(=O)NCC[N+]1(Cc2ccc([N+](=O)[O-])cc2)CCOCC1.[Br-].[Br-]. The molecule has 0 bridgehead atoms. The number of benzene rings is 3. The maximum Gasteiger partial charge on any atom is 0.275 e. The molecule has 2 fully saturated rings. The Morgan fingerprint density at radius 3 is 1.76 bits per heavy atom. The lowest BCUT2D eigenvalue weighted by atomic mass is 10.0. The fourth-order valence-electron chi connectivity index (χ4n) is 7.11. The number of nitro benzene ring substituents is 2. The van der Waals surface area contributed by atoms with Gasteiger partial charge in [0.1, 0.15) is 32.2 Å². The maximum atomic E-state index is 13.8. The van der Waals surface area contributed by atoms with Gasteiger partial charge in [-0.25, -0.2) is 0 Å². The number of amides is 2. The van der Waals surface area contributed by atoms with Gasteiger partial charge in [0.15, 0.2) is 6.54 Å². The van der Waals surface area contributed by atoms with Gasteiger partial charge in [-0.15, -0.1) is 0 Å². The third-order valence-electron chi connectivity index (χ3n) is 9.81. The minimum atomic E-state index is -0.771. The molecule has 276 valence electrons. The van der Waals surface area contributed by atoms with Crippen LogP contribution in [0.4, 0.5) is 11.4 Å². The molecule has 0 aromatic heterocycles. The first-order valence-electron chi connectivity index (χ1n) is 17.0. The van der Waals surface area contributed by atoms with Crippen molar-refractivity contribution in [3.8, 4) is 0 Å². The lowest BCUT2D eigenvalue weighted by Gasteiger charge is -2.41. The maximum absolute atomic E-state index is 13.8. The molecule has 5 rings (SSSR count). The summed E-state index contributed by atoms with van der Waals surface area (Å²) in [6.45, 7) is 6.83. The van der Waals surface area contributed by atoms with Gasteiger partial charge < -0.3 is 58.3 Å². The van der Waals surface area contributed by atoms with Crippen molar-refractivity contribution in [1.82, 2.24) is 10.6 Å². The van der Waals surface area contributed by atoms with Crippen molar-refractivity contribution in [3.05, 3.63) is 116 Å². The molecule has 0 radical (unpaired) electrons. The monoisotopic (exact) mass is 832 g/mol. The van der Waals surface area contributed by atoms with Gasteiger partial charge >= 0.3 is 0 Å². The zero-order valence-electron chi connectivity index (χ0n) is 28.6. The summed E-state index contributed by atoms with van der Waals surface area (Å²) in [5, 5.41) is 28.4. The number of nitrogens with zero attached hydrogens (tertiary/aromatic N) is 4. The highest BCUT2D eigenvalue weighted by atomic mass is 79.9. The van der Waals surface area contributed by atoms with Crippen molar-refractivity contribution in [2.45, 2.75) is 44.8 Å². The summed E-state index contributed by atoms with van der Waals surface area (Å²) in [5.41, 5.74) is 2.94. The van der Waals surface area contributed by atoms with Crippen LogP contribution in [0, 0.1) is 20.2 Å². The van der Waals surface area contributed by atoms with Gasteiger partial charge in [-0.3, -0.25) is 29.8 Å². The van der Waals surface area contributed by atoms with Gasteiger partial charge in [-0.1, -0.05) is 30.3 Å². The number of nitro groups is 2. The van der Waals surface area contributed by atoms with Crippen LogP contribution in [0.1, 0.15) is 36.0 Å². The van der Waals surface area contributed by atoms with Gasteiger partial charge in [-0.05, 0) is 49.1 Å². The standard InChI is InChI=1S/C36H44N6O7.2BrH/c43-35(28-42(18-5-2-6-19-42)27-31-11-15-33(16-12-31)40(47)48)38-34(25-29-7-3-1-4-8-29)36(44)37-17-20-41(21-23-49-24-22-41)26-30-9-13-32(14-10-30)39(45)46;;/h1,3-4,7-16,34H,2,5-6,17-28H2;2*1H. The van der Waals surface area contributed by atoms with E-state index < -0.39 is 15.9 Å². The van der Waals surface area contributed by atoms with E-state index in [9.17, 15) is 29.8 Å². The van der Waals surface area contributed by atoms with E-state index in [1.54, 1.807) is 24.3 Å². The normalized spacial score (nSPS) is 16.7. The molecule has 13 nitrogen and oxygen atoms in total. The molecule has 1 unspecified atom stereocenters. The topological polar surface area (TPSA) is 154 Å². The summed E-state index contributed by atoms with van der Waals surface area (Å²) in [6.07, 6.45) is 3.41. The number of carbonyl (C=O) groups excluding carboxylic acids is 2. The van der Waals surface area contributed by atoms with Crippen molar-refractivity contribution in [3.63, 3.8) is 0 Å². The number of hydrogen-bond acceptors (Lipinski definition) is 7. The molecule has 3 aromatic rings. The molecular formula is C36H46Br2N6O7. The fraction of sp³-hybridized carbons (Fsp3) is 0.444. The number of likely N-dealkylation sites (tertiary alicyclic amines) is 1. The molecule has 51 heavy (non-hydrogen) atoms. The van der Waals surface area contributed by atoms with Gasteiger partial charge in [0.25, 0.3) is 17.3 Å². The lowest BCUT2D eigenvalue weighted by molar-refractivity contribution is -0.946. The Bertz CT molecular complexity index is 1580. The van der Waals surface area contributed by atoms with E-state index in [0.717, 1.165) is 62.1 Å². The molecule has 15 heteroatoms. The largest absolute Gasteiger partial charge is 1.00 e. The first-order chi connectivity index (χ1) is 23.6. The molecule has 0 spiro atoms. The van der Waals surface area contributed by atoms with Crippen LogP contribution in [-0.4, -0.2) is 95.7 Å². The summed E-state index contributed by atoms with van der Waals surface area (Å²) in [4.78, 5) is 49.0. The molecule has 3 aromatic carbocycles. The van der Waals surface area contributed by atoms with E-state index in [1.165, 1.54) is 24.3 Å². The van der Waals surface area contributed by atoms with Crippen LogP contribution in [-0.2, 0) is 33.8 Å². The minimum Gasteiger partial charge on any atom is -1.00 e. The highest BCUT2D eigenvalue weighted by molar-refractivity contribution is 5.88. The van der Waals surface area contributed by atoms with Crippen LogP contribution in [0.5, 0.6) is 0 Å². The zero-order chi connectivity index (χ0) is 34.7. The predicted octanol–water partition coefficient (Wildman–Crippen LogP) is -2.10.